The highest BCUT2D eigenvalue weighted by Crippen LogP contribution is 2.31. The van der Waals surface area contributed by atoms with Gasteiger partial charge in [-0.05, 0) is 40.6 Å². The van der Waals surface area contributed by atoms with Crippen molar-refractivity contribution in [3.8, 4) is 10.6 Å². The summed E-state index contributed by atoms with van der Waals surface area (Å²) in [5.41, 5.74) is 2.80. The monoisotopic (exact) mass is 480 g/mol. The Morgan fingerprint density at radius 3 is 2.62 bits per heavy atom. The first kappa shape index (κ1) is 22.8. The average Bonchev–Trinajstić information content (AvgIpc) is 3.54. The summed E-state index contributed by atoms with van der Waals surface area (Å²) in [6.45, 7) is 7.14. The zero-order chi connectivity index (χ0) is 23.7. The summed E-state index contributed by atoms with van der Waals surface area (Å²) in [6, 6.07) is 13.6. The molecule has 8 nitrogen and oxygen atoms in total. The van der Waals surface area contributed by atoms with Crippen LogP contribution in [0.2, 0.25) is 0 Å². The summed E-state index contributed by atoms with van der Waals surface area (Å²) in [7, 11) is 0. The van der Waals surface area contributed by atoms with E-state index in [-0.39, 0.29) is 30.3 Å². The quantitative estimate of drug-likeness (QED) is 0.547. The number of carbonyl (C=O) groups excluding carboxylic acids is 1. The number of anilines is 2. The molecule has 2 saturated heterocycles. The third kappa shape index (κ3) is 4.91. The molecule has 2 N–H and O–H groups in total. The third-order valence-corrected chi connectivity index (χ3v) is 6.90. The summed E-state index contributed by atoms with van der Waals surface area (Å²) >= 11 is 1.63. The summed E-state index contributed by atoms with van der Waals surface area (Å²) in [5, 5.41) is 8.13. The highest BCUT2D eigenvalue weighted by Gasteiger charge is 2.49. The lowest BCUT2D eigenvalue weighted by molar-refractivity contribution is 0.00917. The number of aromatic nitrogens is 2. The first-order chi connectivity index (χ1) is 16.4. The van der Waals surface area contributed by atoms with E-state index in [4.69, 9.17) is 14.2 Å². The summed E-state index contributed by atoms with van der Waals surface area (Å²) in [5.74, 6) is 0.518. The van der Waals surface area contributed by atoms with Crippen LogP contribution in [0, 0.1) is 0 Å². The number of hydrogen-bond acceptors (Lipinski definition) is 8. The lowest BCUT2D eigenvalue weighted by atomic mass is 9.87. The Kier molecular flexibility index (Phi) is 6.24. The van der Waals surface area contributed by atoms with Gasteiger partial charge in [-0.15, -0.1) is 11.3 Å². The Bertz CT molecular complexity index is 1130. The van der Waals surface area contributed by atoms with Crippen LogP contribution in [0.15, 0.2) is 54.0 Å². The van der Waals surface area contributed by atoms with E-state index in [0.717, 1.165) is 10.6 Å². The standard InChI is InChI=1S/C25H28N4O4S/c1-25(2,3)15-6-8-16(9-7-15)27-24(30)33-19-14-32-21-18(13-31-22(19)21)29-23-26-11-10-17(28-23)20-5-4-12-34-20/h4-12,18-19,21-22H,13-14H2,1-3H3,(H,27,30)(H,26,28,29)/t18-,19+,21+,22+/m0/s1. The summed E-state index contributed by atoms with van der Waals surface area (Å²) in [4.78, 5) is 22.5. The molecular weight excluding hydrogens is 452 g/mol. The van der Waals surface area contributed by atoms with Crippen LogP contribution in [0.25, 0.3) is 10.6 Å². The topological polar surface area (TPSA) is 94.6 Å². The minimum Gasteiger partial charge on any atom is -0.441 e. The van der Waals surface area contributed by atoms with E-state index < -0.39 is 12.2 Å². The SMILES string of the molecule is CC(C)(C)c1ccc(NC(=O)O[C@@H]2CO[C@H]3[C@@H]2OC[C@@H]3Nc2nccc(-c3cccs3)n2)cc1. The lowest BCUT2D eigenvalue weighted by Gasteiger charge is -2.20. The number of rotatable bonds is 5. The van der Waals surface area contributed by atoms with Crippen molar-refractivity contribution in [2.45, 2.75) is 50.5 Å². The van der Waals surface area contributed by atoms with Crippen LogP contribution in [-0.2, 0) is 19.6 Å². The highest BCUT2D eigenvalue weighted by atomic mass is 32.1. The molecule has 1 aromatic carbocycles. The fraction of sp³-hybridized carbons (Fsp3) is 0.400. The largest absolute Gasteiger partial charge is 0.441 e. The Morgan fingerprint density at radius 2 is 1.88 bits per heavy atom. The van der Waals surface area contributed by atoms with Crippen LogP contribution in [0.3, 0.4) is 0 Å². The number of nitrogens with zero attached hydrogens (tertiary/aromatic N) is 2. The molecule has 1 amide bonds. The Labute approximate surface area is 202 Å². The van der Waals surface area contributed by atoms with Crippen molar-refractivity contribution in [2.24, 2.45) is 0 Å². The van der Waals surface area contributed by atoms with Gasteiger partial charge in [-0.3, -0.25) is 5.32 Å². The second kappa shape index (κ2) is 9.32. The van der Waals surface area contributed by atoms with Gasteiger partial charge in [-0.25, -0.2) is 14.8 Å². The van der Waals surface area contributed by atoms with Crippen LogP contribution in [0.5, 0.6) is 0 Å². The van der Waals surface area contributed by atoms with Gasteiger partial charge in [0.2, 0.25) is 5.95 Å². The van der Waals surface area contributed by atoms with Gasteiger partial charge < -0.3 is 19.5 Å². The molecule has 0 bridgehead atoms. The molecule has 178 valence electrons. The number of hydrogen-bond donors (Lipinski definition) is 2. The van der Waals surface area contributed by atoms with Crippen molar-refractivity contribution in [3.63, 3.8) is 0 Å². The number of ether oxygens (including phenoxy) is 3. The van der Waals surface area contributed by atoms with Crippen LogP contribution in [-0.4, -0.2) is 53.6 Å². The van der Waals surface area contributed by atoms with Crippen molar-refractivity contribution in [3.05, 3.63) is 59.6 Å². The van der Waals surface area contributed by atoms with E-state index in [1.165, 1.54) is 5.56 Å². The number of nitrogens with one attached hydrogen (secondary N) is 2. The van der Waals surface area contributed by atoms with Gasteiger partial charge in [0.15, 0.2) is 6.10 Å². The smallest absolute Gasteiger partial charge is 0.412 e. The molecule has 2 aliphatic heterocycles. The van der Waals surface area contributed by atoms with Crippen LogP contribution >= 0.6 is 11.3 Å². The maximum Gasteiger partial charge on any atom is 0.412 e. The van der Waals surface area contributed by atoms with E-state index in [1.807, 2.05) is 47.8 Å². The van der Waals surface area contributed by atoms with Crippen molar-refractivity contribution in [1.29, 1.82) is 0 Å². The maximum atomic E-state index is 12.5. The Morgan fingerprint density at radius 1 is 1.09 bits per heavy atom. The molecule has 2 aromatic heterocycles. The molecule has 3 aromatic rings. The molecule has 34 heavy (non-hydrogen) atoms. The first-order valence-electron chi connectivity index (χ1n) is 11.3. The van der Waals surface area contributed by atoms with Crippen molar-refractivity contribution in [2.75, 3.05) is 23.8 Å². The van der Waals surface area contributed by atoms with Crippen molar-refractivity contribution in [1.82, 2.24) is 9.97 Å². The van der Waals surface area contributed by atoms with Crippen LogP contribution in [0.1, 0.15) is 26.3 Å². The van der Waals surface area contributed by atoms with E-state index in [1.54, 1.807) is 17.5 Å². The Hall–Kier alpha value is -3.01. The van der Waals surface area contributed by atoms with Gasteiger partial charge in [0, 0.05) is 11.9 Å². The number of amides is 1. The number of fused-ring (bicyclic) bond motifs is 1. The predicted octanol–water partition coefficient (Wildman–Crippen LogP) is 4.70. The molecular formula is C25H28N4O4S. The predicted molar refractivity (Wildman–Crippen MR) is 131 cm³/mol. The van der Waals surface area contributed by atoms with Crippen molar-refractivity contribution >= 4 is 29.1 Å². The number of benzene rings is 1. The molecule has 0 radical (unpaired) electrons. The summed E-state index contributed by atoms with van der Waals surface area (Å²) in [6.07, 6.45) is 0.135. The van der Waals surface area contributed by atoms with Gasteiger partial charge in [0.05, 0.1) is 29.8 Å². The average molecular weight is 481 g/mol. The molecule has 4 atom stereocenters. The van der Waals surface area contributed by atoms with E-state index >= 15 is 0 Å². The lowest BCUT2D eigenvalue weighted by Crippen LogP contribution is -2.38. The molecule has 0 unspecified atom stereocenters. The second-order valence-corrected chi connectivity index (χ2v) is 10.4. The zero-order valence-corrected chi connectivity index (χ0v) is 20.2. The fourth-order valence-electron chi connectivity index (χ4n) is 4.18. The van der Waals surface area contributed by atoms with E-state index in [0.29, 0.717) is 18.2 Å². The van der Waals surface area contributed by atoms with Crippen LogP contribution < -0.4 is 10.6 Å². The van der Waals surface area contributed by atoms with Gasteiger partial charge in [0.25, 0.3) is 0 Å². The number of carbonyl (C=O) groups is 1. The molecule has 0 aliphatic carbocycles. The van der Waals surface area contributed by atoms with E-state index in [9.17, 15) is 4.79 Å². The molecule has 2 aliphatic rings. The number of thiophene rings is 1. The fourth-order valence-corrected chi connectivity index (χ4v) is 4.88. The molecule has 5 rings (SSSR count). The second-order valence-electron chi connectivity index (χ2n) is 9.49. The molecule has 0 saturated carbocycles. The molecule has 0 spiro atoms. The maximum absolute atomic E-state index is 12.5. The third-order valence-electron chi connectivity index (χ3n) is 6.01. The van der Waals surface area contributed by atoms with Crippen molar-refractivity contribution < 1.29 is 19.0 Å². The zero-order valence-electron chi connectivity index (χ0n) is 19.4. The van der Waals surface area contributed by atoms with Gasteiger partial charge in [-0.1, -0.05) is 39.0 Å². The van der Waals surface area contributed by atoms with Gasteiger partial charge in [0.1, 0.15) is 12.2 Å². The van der Waals surface area contributed by atoms with Gasteiger partial charge >= 0.3 is 6.09 Å². The molecule has 4 heterocycles. The molecule has 9 heteroatoms. The normalized spacial score (nSPS) is 24.0. The minimum absolute atomic E-state index is 0.0515. The Balaban J connectivity index is 1.16. The highest BCUT2D eigenvalue weighted by molar-refractivity contribution is 7.13. The van der Waals surface area contributed by atoms with Crippen LogP contribution in [0.4, 0.5) is 16.4 Å². The minimum atomic E-state index is -0.523. The first-order valence-corrected chi connectivity index (χ1v) is 12.2. The summed E-state index contributed by atoms with van der Waals surface area (Å²) < 4.78 is 17.5. The van der Waals surface area contributed by atoms with E-state index in [2.05, 4.69) is 41.4 Å². The molecule has 2 fully saturated rings. The van der Waals surface area contributed by atoms with Gasteiger partial charge in [-0.2, -0.15) is 0 Å².